The SMILES string of the molecule is O=C(COc1ccccc1F)NC1CC(=O)N(c2ccccc2)C1. The fourth-order valence-electron chi connectivity index (χ4n) is 2.64. The minimum atomic E-state index is -0.517. The van der Waals surface area contributed by atoms with E-state index in [1.807, 2.05) is 30.3 Å². The van der Waals surface area contributed by atoms with Crippen LogP contribution < -0.4 is 15.0 Å². The third kappa shape index (κ3) is 3.71. The van der Waals surface area contributed by atoms with Gasteiger partial charge in [-0.15, -0.1) is 0 Å². The van der Waals surface area contributed by atoms with Crippen molar-refractivity contribution in [2.24, 2.45) is 0 Å². The number of nitrogens with zero attached hydrogens (tertiary/aromatic N) is 1. The largest absolute Gasteiger partial charge is 0.481 e. The molecule has 2 amide bonds. The van der Waals surface area contributed by atoms with Gasteiger partial charge in [-0.3, -0.25) is 9.59 Å². The van der Waals surface area contributed by atoms with Gasteiger partial charge in [-0.25, -0.2) is 4.39 Å². The molecule has 3 rings (SSSR count). The number of amides is 2. The van der Waals surface area contributed by atoms with Gasteiger partial charge >= 0.3 is 0 Å². The molecule has 0 bridgehead atoms. The second-order valence-corrected chi connectivity index (χ2v) is 5.53. The molecule has 1 aliphatic rings. The molecule has 0 radical (unpaired) electrons. The van der Waals surface area contributed by atoms with Gasteiger partial charge in [0.1, 0.15) is 0 Å². The highest BCUT2D eigenvalue weighted by Gasteiger charge is 2.31. The predicted molar refractivity (Wildman–Crippen MR) is 87.2 cm³/mol. The maximum absolute atomic E-state index is 13.4. The Morgan fingerprint density at radius 2 is 1.88 bits per heavy atom. The number of anilines is 1. The van der Waals surface area contributed by atoms with Crippen LogP contribution in [0.15, 0.2) is 54.6 Å². The number of hydrogen-bond acceptors (Lipinski definition) is 3. The summed E-state index contributed by atoms with van der Waals surface area (Å²) < 4.78 is 18.6. The van der Waals surface area contributed by atoms with Crippen molar-refractivity contribution in [1.82, 2.24) is 5.32 Å². The fourth-order valence-corrected chi connectivity index (χ4v) is 2.64. The topological polar surface area (TPSA) is 58.6 Å². The van der Waals surface area contributed by atoms with Gasteiger partial charge in [-0.05, 0) is 24.3 Å². The van der Waals surface area contributed by atoms with Crippen LogP contribution >= 0.6 is 0 Å². The second kappa shape index (κ2) is 7.12. The van der Waals surface area contributed by atoms with Crippen molar-refractivity contribution in [3.63, 3.8) is 0 Å². The first kappa shape index (κ1) is 16.0. The molecule has 0 aromatic heterocycles. The first-order chi connectivity index (χ1) is 11.6. The summed E-state index contributed by atoms with van der Waals surface area (Å²) in [4.78, 5) is 25.7. The van der Waals surface area contributed by atoms with Gasteiger partial charge in [0.15, 0.2) is 18.2 Å². The summed E-state index contributed by atoms with van der Waals surface area (Å²) in [6, 6.07) is 14.9. The normalized spacial score (nSPS) is 17.0. The van der Waals surface area contributed by atoms with Crippen LogP contribution in [0.2, 0.25) is 0 Å². The average Bonchev–Trinajstić information content (AvgIpc) is 2.95. The minimum absolute atomic E-state index is 0.0288. The van der Waals surface area contributed by atoms with Gasteiger partial charge in [0, 0.05) is 18.7 Å². The number of nitrogens with one attached hydrogen (secondary N) is 1. The molecule has 5 nitrogen and oxygen atoms in total. The Labute approximate surface area is 139 Å². The zero-order valence-corrected chi connectivity index (χ0v) is 12.9. The summed E-state index contributed by atoms with van der Waals surface area (Å²) in [7, 11) is 0. The number of para-hydroxylation sites is 2. The first-order valence-electron chi connectivity index (χ1n) is 7.65. The molecule has 1 atom stereocenters. The standard InChI is InChI=1S/C18H17FN2O3/c19-15-8-4-5-9-16(15)24-12-17(22)20-13-10-18(23)21(11-13)14-6-2-1-3-7-14/h1-9,13H,10-12H2,(H,20,22). The van der Waals surface area contributed by atoms with Crippen molar-refractivity contribution in [2.45, 2.75) is 12.5 Å². The third-order valence-corrected chi connectivity index (χ3v) is 3.75. The van der Waals surface area contributed by atoms with E-state index in [0.717, 1.165) is 5.69 Å². The molecule has 1 aliphatic heterocycles. The lowest BCUT2D eigenvalue weighted by Crippen LogP contribution is -2.39. The molecule has 1 fully saturated rings. The van der Waals surface area contributed by atoms with Crippen LogP contribution in [0, 0.1) is 5.82 Å². The lowest BCUT2D eigenvalue weighted by atomic mass is 10.2. The molecule has 0 saturated carbocycles. The molecule has 24 heavy (non-hydrogen) atoms. The summed E-state index contributed by atoms with van der Waals surface area (Å²) in [5.74, 6) is -0.912. The van der Waals surface area contributed by atoms with Crippen LogP contribution in [0.4, 0.5) is 10.1 Å². The number of carbonyl (C=O) groups excluding carboxylic acids is 2. The Morgan fingerprint density at radius 3 is 2.62 bits per heavy atom. The van der Waals surface area contributed by atoms with Crippen LogP contribution in [0.5, 0.6) is 5.75 Å². The van der Waals surface area contributed by atoms with Gasteiger partial charge in [-0.1, -0.05) is 30.3 Å². The van der Waals surface area contributed by atoms with Gasteiger partial charge in [0.2, 0.25) is 5.91 Å². The van der Waals surface area contributed by atoms with Crippen molar-refractivity contribution in [2.75, 3.05) is 18.1 Å². The minimum Gasteiger partial charge on any atom is -0.481 e. The Balaban J connectivity index is 1.52. The van der Waals surface area contributed by atoms with Crippen molar-refractivity contribution in [3.05, 3.63) is 60.4 Å². The Kier molecular flexibility index (Phi) is 4.74. The molecular formula is C18H17FN2O3. The van der Waals surface area contributed by atoms with Gasteiger partial charge < -0.3 is 15.0 Å². The van der Waals surface area contributed by atoms with E-state index in [1.165, 1.54) is 12.1 Å². The Hall–Kier alpha value is -2.89. The highest BCUT2D eigenvalue weighted by molar-refractivity contribution is 5.96. The lowest BCUT2D eigenvalue weighted by Gasteiger charge is -2.17. The van der Waals surface area contributed by atoms with Crippen molar-refractivity contribution in [1.29, 1.82) is 0 Å². The fraction of sp³-hybridized carbons (Fsp3) is 0.222. The van der Waals surface area contributed by atoms with Gasteiger partial charge in [0.05, 0.1) is 6.04 Å². The zero-order valence-electron chi connectivity index (χ0n) is 12.9. The summed E-state index contributed by atoms with van der Waals surface area (Å²) >= 11 is 0. The molecule has 0 aliphatic carbocycles. The Morgan fingerprint density at radius 1 is 1.17 bits per heavy atom. The number of hydrogen-bond donors (Lipinski definition) is 1. The summed E-state index contributed by atoms with van der Waals surface area (Å²) in [6.45, 7) is 0.116. The van der Waals surface area contributed by atoms with Gasteiger partial charge in [0.25, 0.3) is 5.91 Å². The number of rotatable bonds is 5. The van der Waals surface area contributed by atoms with E-state index >= 15 is 0 Å². The van der Waals surface area contributed by atoms with Crippen molar-refractivity contribution in [3.8, 4) is 5.75 Å². The molecule has 1 unspecified atom stereocenters. The van der Waals surface area contributed by atoms with E-state index in [-0.39, 0.29) is 36.6 Å². The zero-order chi connectivity index (χ0) is 16.9. The van der Waals surface area contributed by atoms with Crippen LogP contribution in [-0.2, 0) is 9.59 Å². The van der Waals surface area contributed by atoms with Crippen molar-refractivity contribution < 1.29 is 18.7 Å². The number of halogens is 1. The van der Waals surface area contributed by atoms with Crippen LogP contribution in [0.1, 0.15) is 6.42 Å². The van der Waals surface area contributed by atoms with Crippen LogP contribution in [0.25, 0.3) is 0 Å². The van der Waals surface area contributed by atoms with Crippen molar-refractivity contribution >= 4 is 17.5 Å². The summed E-state index contributed by atoms with van der Waals surface area (Å²) in [6.07, 6.45) is 0.236. The highest BCUT2D eigenvalue weighted by Crippen LogP contribution is 2.21. The highest BCUT2D eigenvalue weighted by atomic mass is 19.1. The molecule has 2 aromatic carbocycles. The number of ether oxygens (including phenoxy) is 1. The van der Waals surface area contributed by atoms with E-state index in [9.17, 15) is 14.0 Å². The quantitative estimate of drug-likeness (QED) is 0.915. The maximum Gasteiger partial charge on any atom is 0.258 e. The van der Waals surface area contributed by atoms with E-state index in [0.29, 0.717) is 6.54 Å². The molecular weight excluding hydrogens is 311 g/mol. The molecule has 6 heteroatoms. The number of carbonyl (C=O) groups is 2. The van der Waals surface area contributed by atoms with E-state index in [4.69, 9.17) is 4.74 Å². The average molecular weight is 328 g/mol. The third-order valence-electron chi connectivity index (χ3n) is 3.75. The van der Waals surface area contributed by atoms with E-state index in [2.05, 4.69) is 5.32 Å². The number of benzene rings is 2. The van der Waals surface area contributed by atoms with Crippen LogP contribution in [0.3, 0.4) is 0 Å². The summed E-state index contributed by atoms with van der Waals surface area (Å²) in [5.41, 5.74) is 0.807. The van der Waals surface area contributed by atoms with Crippen LogP contribution in [-0.4, -0.2) is 31.0 Å². The molecule has 2 aromatic rings. The smallest absolute Gasteiger partial charge is 0.258 e. The lowest BCUT2D eigenvalue weighted by molar-refractivity contribution is -0.123. The molecule has 124 valence electrons. The van der Waals surface area contributed by atoms with E-state index in [1.54, 1.807) is 17.0 Å². The van der Waals surface area contributed by atoms with Gasteiger partial charge in [-0.2, -0.15) is 0 Å². The van der Waals surface area contributed by atoms with E-state index < -0.39 is 5.82 Å². The monoisotopic (exact) mass is 328 g/mol. The Bertz CT molecular complexity index is 736. The molecule has 0 spiro atoms. The molecule has 1 saturated heterocycles. The molecule has 1 N–H and O–H groups in total. The first-order valence-corrected chi connectivity index (χ1v) is 7.65. The maximum atomic E-state index is 13.4. The molecule has 1 heterocycles. The summed E-state index contributed by atoms with van der Waals surface area (Å²) in [5, 5.41) is 2.75. The predicted octanol–water partition coefficient (Wildman–Crippen LogP) is 2.13. The second-order valence-electron chi connectivity index (χ2n) is 5.53.